The van der Waals surface area contributed by atoms with Crippen LogP contribution in [0.15, 0.2) is 51.4 Å². The van der Waals surface area contributed by atoms with Crippen LogP contribution < -0.4 is 4.74 Å². The molecule has 0 atom stereocenters. The number of fused-ring (bicyclic) bond motifs is 1. The number of benzene rings is 2. The minimum Gasteiger partial charge on any atom is -0.497 e. The van der Waals surface area contributed by atoms with Crippen LogP contribution in [0.5, 0.6) is 5.75 Å². The van der Waals surface area contributed by atoms with Crippen molar-refractivity contribution in [3.05, 3.63) is 65.0 Å². The van der Waals surface area contributed by atoms with E-state index in [0.717, 1.165) is 27.8 Å². The monoisotopic (exact) mass is 346 g/mol. The van der Waals surface area contributed by atoms with Crippen LogP contribution in [-0.2, 0) is 0 Å². The second kappa shape index (κ2) is 6.52. The quantitative estimate of drug-likeness (QED) is 0.503. The number of aryl methyl sites for hydroxylation is 2. The van der Waals surface area contributed by atoms with E-state index < -0.39 is 0 Å². The molecule has 0 saturated heterocycles. The lowest BCUT2D eigenvalue weighted by molar-refractivity contribution is 0.409. The molecule has 2 aromatic heterocycles. The van der Waals surface area contributed by atoms with Gasteiger partial charge in [-0.1, -0.05) is 35.0 Å². The van der Waals surface area contributed by atoms with Gasteiger partial charge in [-0.25, -0.2) is 0 Å². The van der Waals surface area contributed by atoms with Crippen LogP contribution >= 0.6 is 0 Å². The number of nitrogens with zero attached hydrogens (tertiary/aromatic N) is 2. The Balaban J connectivity index is 1.64. The van der Waals surface area contributed by atoms with Gasteiger partial charge in [0, 0.05) is 17.0 Å². The molecular weight excluding hydrogens is 328 g/mol. The first kappa shape index (κ1) is 16.1. The van der Waals surface area contributed by atoms with Crippen molar-refractivity contribution in [2.24, 2.45) is 0 Å². The average molecular weight is 346 g/mol. The summed E-state index contributed by atoms with van der Waals surface area (Å²) in [7, 11) is 1.64. The number of rotatable bonds is 4. The van der Waals surface area contributed by atoms with Gasteiger partial charge in [0.1, 0.15) is 11.3 Å². The van der Waals surface area contributed by atoms with Gasteiger partial charge in [-0.15, -0.1) is 0 Å². The van der Waals surface area contributed by atoms with Crippen LogP contribution in [0.3, 0.4) is 0 Å². The van der Waals surface area contributed by atoms with E-state index in [2.05, 4.69) is 29.2 Å². The first-order valence-corrected chi connectivity index (χ1v) is 8.30. The van der Waals surface area contributed by atoms with Crippen LogP contribution in [-0.4, -0.2) is 17.3 Å². The van der Waals surface area contributed by atoms with Gasteiger partial charge in [0.25, 0.3) is 5.89 Å². The van der Waals surface area contributed by atoms with E-state index in [0.29, 0.717) is 17.5 Å². The molecule has 0 aliphatic heterocycles. The van der Waals surface area contributed by atoms with E-state index >= 15 is 0 Å². The molecule has 2 heterocycles. The van der Waals surface area contributed by atoms with Crippen molar-refractivity contribution in [2.75, 3.05) is 7.11 Å². The minimum atomic E-state index is 0.429. The summed E-state index contributed by atoms with van der Waals surface area (Å²) in [6.45, 7) is 4.03. The smallest absolute Gasteiger partial charge is 0.251 e. The molecule has 0 saturated carbocycles. The molecule has 0 fully saturated rings. The lowest BCUT2D eigenvalue weighted by atomic mass is 10.1. The fourth-order valence-corrected chi connectivity index (χ4v) is 2.78. The zero-order valence-electron chi connectivity index (χ0n) is 14.8. The highest BCUT2D eigenvalue weighted by Crippen LogP contribution is 2.33. The fourth-order valence-electron chi connectivity index (χ4n) is 2.78. The summed E-state index contributed by atoms with van der Waals surface area (Å²) in [6.07, 6.45) is 3.73. The van der Waals surface area contributed by atoms with Crippen molar-refractivity contribution in [1.29, 1.82) is 0 Å². The third-order valence-electron chi connectivity index (χ3n) is 4.28. The van der Waals surface area contributed by atoms with Crippen LogP contribution in [0, 0.1) is 13.8 Å². The molecule has 0 aliphatic carbocycles. The zero-order chi connectivity index (χ0) is 18.1. The first-order valence-electron chi connectivity index (χ1n) is 8.30. The molecule has 0 unspecified atom stereocenters. The maximum atomic E-state index is 5.91. The summed E-state index contributed by atoms with van der Waals surface area (Å²) in [6, 6.07) is 13.9. The van der Waals surface area contributed by atoms with Gasteiger partial charge in [-0.3, -0.25) is 0 Å². The average Bonchev–Trinajstić information content (AvgIpc) is 3.25. The topological polar surface area (TPSA) is 61.3 Å². The van der Waals surface area contributed by atoms with Crippen LogP contribution in [0.1, 0.15) is 22.6 Å². The summed E-state index contributed by atoms with van der Waals surface area (Å²) in [5, 5.41) is 5.02. The van der Waals surface area contributed by atoms with Gasteiger partial charge < -0.3 is 13.7 Å². The van der Waals surface area contributed by atoms with Gasteiger partial charge >= 0.3 is 0 Å². The Labute approximate surface area is 150 Å². The zero-order valence-corrected chi connectivity index (χ0v) is 14.8. The van der Waals surface area contributed by atoms with E-state index in [1.54, 1.807) is 13.2 Å². The summed E-state index contributed by atoms with van der Waals surface area (Å²) in [5.74, 6) is 2.24. The van der Waals surface area contributed by atoms with Crippen molar-refractivity contribution in [3.8, 4) is 17.3 Å². The van der Waals surface area contributed by atoms with E-state index in [1.807, 2.05) is 43.3 Å². The van der Waals surface area contributed by atoms with Gasteiger partial charge in [0.2, 0.25) is 5.82 Å². The summed E-state index contributed by atoms with van der Waals surface area (Å²) < 4.78 is 16.5. The molecule has 4 rings (SSSR count). The third-order valence-corrected chi connectivity index (χ3v) is 4.28. The molecule has 0 N–H and O–H groups in total. The number of furan rings is 1. The summed E-state index contributed by atoms with van der Waals surface area (Å²) in [4.78, 5) is 4.42. The van der Waals surface area contributed by atoms with E-state index in [1.165, 1.54) is 5.56 Å². The molecule has 0 bridgehead atoms. The second-order valence-corrected chi connectivity index (χ2v) is 6.12. The predicted octanol–water partition coefficient (Wildman–Crippen LogP) is 5.28. The standard InChI is InChI=1S/C21H18N2O3/c1-13-4-6-15(7-5-13)8-11-19-22-21(23-26-19)20-14(2)17-12-16(24-3)9-10-18(17)25-20/h4-12H,1-3H3/b11-8+. The van der Waals surface area contributed by atoms with E-state index in [-0.39, 0.29) is 0 Å². The third kappa shape index (κ3) is 2.99. The van der Waals surface area contributed by atoms with Crippen molar-refractivity contribution in [3.63, 3.8) is 0 Å². The molecule has 26 heavy (non-hydrogen) atoms. The summed E-state index contributed by atoms with van der Waals surface area (Å²) in [5.41, 5.74) is 4.01. The fraction of sp³-hybridized carbons (Fsp3) is 0.143. The van der Waals surface area contributed by atoms with Crippen molar-refractivity contribution < 1.29 is 13.7 Å². The van der Waals surface area contributed by atoms with Crippen molar-refractivity contribution >= 4 is 23.1 Å². The lowest BCUT2D eigenvalue weighted by Gasteiger charge is -1.97. The van der Waals surface area contributed by atoms with Gasteiger partial charge in [-0.2, -0.15) is 4.98 Å². The molecule has 0 aliphatic rings. The number of aromatic nitrogens is 2. The van der Waals surface area contributed by atoms with E-state index in [9.17, 15) is 0 Å². The molecule has 0 spiro atoms. The molecule has 5 heteroatoms. The molecular formula is C21H18N2O3. The Hall–Kier alpha value is -3.34. The molecule has 5 nitrogen and oxygen atoms in total. The Bertz CT molecular complexity index is 1090. The molecule has 2 aromatic carbocycles. The second-order valence-electron chi connectivity index (χ2n) is 6.12. The van der Waals surface area contributed by atoms with Gasteiger partial charge in [-0.05, 0) is 43.7 Å². The maximum absolute atomic E-state index is 5.91. The van der Waals surface area contributed by atoms with Gasteiger partial charge in [0.15, 0.2) is 5.76 Å². The molecule has 4 aromatic rings. The van der Waals surface area contributed by atoms with Gasteiger partial charge in [0.05, 0.1) is 7.11 Å². The Morgan fingerprint density at radius 2 is 1.81 bits per heavy atom. The Morgan fingerprint density at radius 1 is 1.00 bits per heavy atom. The van der Waals surface area contributed by atoms with Crippen molar-refractivity contribution in [2.45, 2.75) is 13.8 Å². The maximum Gasteiger partial charge on any atom is 0.251 e. The highest BCUT2D eigenvalue weighted by molar-refractivity contribution is 5.87. The predicted molar refractivity (Wildman–Crippen MR) is 101 cm³/mol. The van der Waals surface area contributed by atoms with Crippen LogP contribution in [0.25, 0.3) is 34.7 Å². The minimum absolute atomic E-state index is 0.429. The van der Waals surface area contributed by atoms with Crippen LogP contribution in [0.2, 0.25) is 0 Å². The van der Waals surface area contributed by atoms with Crippen molar-refractivity contribution in [1.82, 2.24) is 10.1 Å². The molecule has 0 amide bonds. The number of hydrogen-bond acceptors (Lipinski definition) is 5. The number of hydrogen-bond donors (Lipinski definition) is 0. The van der Waals surface area contributed by atoms with Crippen LogP contribution in [0.4, 0.5) is 0 Å². The molecule has 0 radical (unpaired) electrons. The normalized spacial score (nSPS) is 11.5. The highest BCUT2D eigenvalue weighted by atomic mass is 16.5. The largest absolute Gasteiger partial charge is 0.497 e. The number of ether oxygens (including phenoxy) is 1. The first-order chi connectivity index (χ1) is 12.6. The Morgan fingerprint density at radius 3 is 2.58 bits per heavy atom. The number of methoxy groups -OCH3 is 1. The SMILES string of the molecule is COc1ccc2oc(-c3noc(/C=C/c4ccc(C)cc4)n3)c(C)c2c1. The molecule has 130 valence electrons. The lowest BCUT2D eigenvalue weighted by Crippen LogP contribution is -1.82. The Kier molecular flexibility index (Phi) is 4.05. The highest BCUT2D eigenvalue weighted by Gasteiger charge is 2.17. The summed E-state index contributed by atoms with van der Waals surface area (Å²) >= 11 is 0. The van der Waals surface area contributed by atoms with E-state index in [4.69, 9.17) is 13.7 Å².